The topological polar surface area (TPSA) is 12.4 Å². The van der Waals surface area contributed by atoms with Gasteiger partial charge in [0.15, 0.2) is 0 Å². The molecule has 0 aliphatic heterocycles. The summed E-state index contributed by atoms with van der Waals surface area (Å²) in [6, 6.07) is 50.6. The lowest BCUT2D eigenvalue weighted by Crippen LogP contribution is -2.17. The lowest BCUT2D eigenvalue weighted by atomic mass is 9.79. The number of allylic oxidation sites excluding steroid dienone is 12. The van der Waals surface area contributed by atoms with Crippen molar-refractivity contribution in [1.82, 2.24) is 0 Å². The summed E-state index contributed by atoms with van der Waals surface area (Å²) >= 11 is 0. The maximum Gasteiger partial charge on any atom is 0.0704 e. The summed E-state index contributed by atoms with van der Waals surface area (Å²) in [6.07, 6.45) is 27.0. The molecule has 8 rings (SSSR count). The number of rotatable bonds is 12. The van der Waals surface area contributed by atoms with Crippen LogP contribution >= 0.6 is 0 Å². The molecule has 4 atom stereocenters. The second-order valence-electron chi connectivity index (χ2n) is 15.7. The Morgan fingerprint density at radius 3 is 1.81 bits per heavy atom. The molecule has 0 aromatic heterocycles. The molecule has 1 nitrogen and oxygen atoms in total. The predicted octanol–water partition coefficient (Wildman–Crippen LogP) is 15.0. The molecule has 0 N–H and O–H groups in total. The van der Waals surface area contributed by atoms with Crippen LogP contribution in [0, 0.1) is 11.8 Å². The van der Waals surface area contributed by atoms with E-state index in [2.05, 4.69) is 208 Å². The Labute approximate surface area is 340 Å². The highest BCUT2D eigenvalue weighted by atomic mass is 14.8. The van der Waals surface area contributed by atoms with E-state index in [9.17, 15) is 0 Å². The molecule has 0 spiro atoms. The average Bonchev–Trinajstić information content (AvgIpc) is 3.29. The Hall–Kier alpha value is -6.05. The number of hydrogen-bond donors (Lipinski definition) is 0. The van der Waals surface area contributed by atoms with Gasteiger partial charge in [-0.1, -0.05) is 208 Å². The largest absolute Gasteiger partial charge is 0.257 e. The first kappa shape index (κ1) is 37.9. The molecule has 0 heterocycles. The van der Waals surface area contributed by atoms with Gasteiger partial charge in [0.05, 0.1) is 5.70 Å². The van der Waals surface area contributed by atoms with Gasteiger partial charge >= 0.3 is 0 Å². The van der Waals surface area contributed by atoms with E-state index in [1.165, 1.54) is 50.2 Å². The zero-order valence-electron chi connectivity index (χ0n) is 33.2. The number of aliphatic imine (C=N–C) groups is 1. The minimum Gasteiger partial charge on any atom is -0.257 e. The van der Waals surface area contributed by atoms with Crippen molar-refractivity contribution < 1.29 is 0 Å². The summed E-state index contributed by atoms with van der Waals surface area (Å²) in [6.45, 7) is 6.81. The fourth-order valence-corrected chi connectivity index (χ4v) is 8.59. The van der Waals surface area contributed by atoms with Crippen LogP contribution < -0.4 is 0 Å². The van der Waals surface area contributed by atoms with Gasteiger partial charge in [-0.3, -0.25) is 4.99 Å². The van der Waals surface area contributed by atoms with Crippen molar-refractivity contribution in [2.75, 3.05) is 0 Å². The van der Waals surface area contributed by atoms with Crippen molar-refractivity contribution in [1.29, 1.82) is 0 Å². The molecule has 1 heteroatoms. The Balaban J connectivity index is 1.01. The van der Waals surface area contributed by atoms with Gasteiger partial charge in [0, 0.05) is 34.9 Å². The van der Waals surface area contributed by atoms with E-state index in [1.54, 1.807) is 0 Å². The van der Waals surface area contributed by atoms with E-state index >= 15 is 0 Å². The first-order chi connectivity index (χ1) is 28.1. The monoisotopic (exact) mass is 739 g/mol. The normalized spacial score (nSPS) is 20.9. The third-order valence-electron chi connectivity index (χ3n) is 11.8. The minimum absolute atomic E-state index is 0.295. The van der Waals surface area contributed by atoms with Gasteiger partial charge in [-0.15, -0.1) is 0 Å². The molecule has 3 aliphatic carbocycles. The molecule has 3 aliphatic rings. The van der Waals surface area contributed by atoms with Crippen LogP contribution in [0.2, 0.25) is 0 Å². The molecule has 57 heavy (non-hydrogen) atoms. The maximum absolute atomic E-state index is 5.52. The highest BCUT2D eigenvalue weighted by molar-refractivity contribution is 6.06. The lowest BCUT2D eigenvalue weighted by molar-refractivity contribution is 0.593. The Morgan fingerprint density at radius 2 is 1.21 bits per heavy atom. The second kappa shape index (κ2) is 18.3. The molecule has 5 aromatic rings. The minimum atomic E-state index is 0.295. The zero-order chi connectivity index (χ0) is 38.8. The summed E-state index contributed by atoms with van der Waals surface area (Å²) in [4.78, 5) is 5.52. The Kier molecular flexibility index (Phi) is 12.1. The summed E-state index contributed by atoms with van der Waals surface area (Å²) in [5.41, 5.74) is 14.9. The molecule has 0 radical (unpaired) electrons. The van der Waals surface area contributed by atoms with Crippen LogP contribution in [0.15, 0.2) is 211 Å². The van der Waals surface area contributed by atoms with Crippen molar-refractivity contribution in [3.05, 3.63) is 234 Å². The van der Waals surface area contributed by atoms with Crippen molar-refractivity contribution in [2.24, 2.45) is 16.8 Å². The Bertz CT molecular complexity index is 2350. The fourth-order valence-electron chi connectivity index (χ4n) is 8.59. The third-order valence-corrected chi connectivity index (χ3v) is 11.8. The van der Waals surface area contributed by atoms with Crippen molar-refractivity contribution in [3.63, 3.8) is 0 Å². The van der Waals surface area contributed by atoms with Crippen LogP contribution in [0.5, 0.6) is 0 Å². The van der Waals surface area contributed by atoms with Crippen LogP contribution in [-0.4, -0.2) is 5.71 Å². The smallest absolute Gasteiger partial charge is 0.0704 e. The molecule has 0 saturated heterocycles. The molecular formula is C56H53N. The van der Waals surface area contributed by atoms with Crippen LogP contribution in [0.3, 0.4) is 0 Å². The van der Waals surface area contributed by atoms with Gasteiger partial charge in [0.2, 0.25) is 0 Å². The molecular weight excluding hydrogens is 687 g/mol. The summed E-state index contributed by atoms with van der Waals surface area (Å²) < 4.78 is 0. The van der Waals surface area contributed by atoms with E-state index < -0.39 is 0 Å². The van der Waals surface area contributed by atoms with Crippen LogP contribution in [-0.2, 0) is 0 Å². The van der Waals surface area contributed by atoms with Crippen molar-refractivity contribution in [2.45, 2.75) is 57.3 Å². The lowest BCUT2D eigenvalue weighted by Gasteiger charge is -2.26. The summed E-state index contributed by atoms with van der Waals surface area (Å²) in [5.74, 6) is 1.38. The van der Waals surface area contributed by atoms with Gasteiger partial charge < -0.3 is 0 Å². The number of hydrogen-bond acceptors (Lipinski definition) is 1. The zero-order valence-corrected chi connectivity index (χ0v) is 33.2. The van der Waals surface area contributed by atoms with E-state index in [0.717, 1.165) is 55.4 Å². The van der Waals surface area contributed by atoms with Gasteiger partial charge in [-0.05, 0) is 88.3 Å². The van der Waals surface area contributed by atoms with E-state index in [4.69, 9.17) is 4.99 Å². The molecule has 282 valence electrons. The molecule has 0 bridgehead atoms. The van der Waals surface area contributed by atoms with Crippen LogP contribution in [0.4, 0.5) is 0 Å². The SMILES string of the molecule is C=C(/C=C(\N=C(/CCC)C1C=CC(c2ccc(C3C=C(c4ccccc4)C(c4ccccc4)=CC3)cc2)CC1)c1ccc(-c2ccccc2)cc1)C1C=CC=CC1. The molecule has 4 unspecified atom stereocenters. The first-order valence-corrected chi connectivity index (χ1v) is 20.9. The van der Waals surface area contributed by atoms with Gasteiger partial charge in [-0.2, -0.15) is 0 Å². The summed E-state index contributed by atoms with van der Waals surface area (Å²) in [5, 5.41) is 0. The van der Waals surface area contributed by atoms with E-state index in [-0.39, 0.29) is 0 Å². The predicted molar refractivity (Wildman–Crippen MR) is 245 cm³/mol. The third kappa shape index (κ3) is 9.16. The van der Waals surface area contributed by atoms with Crippen molar-refractivity contribution in [3.8, 4) is 11.1 Å². The summed E-state index contributed by atoms with van der Waals surface area (Å²) in [7, 11) is 0. The highest BCUT2D eigenvalue weighted by Gasteiger charge is 2.23. The fraction of sp³-hybridized carbons (Fsp3) is 0.196. The molecule has 5 aromatic carbocycles. The molecule has 0 fully saturated rings. The first-order valence-electron chi connectivity index (χ1n) is 20.9. The number of benzene rings is 5. The second-order valence-corrected chi connectivity index (χ2v) is 15.7. The van der Waals surface area contributed by atoms with Crippen molar-refractivity contribution >= 4 is 22.6 Å². The standard InChI is InChI=1S/C56H53N/c1-3-16-55(57-56(39-41(2)42-17-8-4-9-18-42)51-35-31-44(32-36-51)43-19-10-5-11-20-43)50-33-29-46(30-34-50)45-25-27-47(28-26-45)52-37-38-53(48-21-12-6-13-22-48)54(40-52)49-23-14-7-15-24-49/h4-15,17,19-29,31-33,35-36,38-40,42,46,50,52H,2-3,16,18,30,34,37H2,1H3/b56-39-,57-55+. The van der Waals surface area contributed by atoms with Gasteiger partial charge in [-0.25, -0.2) is 0 Å². The maximum atomic E-state index is 5.52. The molecule has 0 amide bonds. The quantitative estimate of drug-likeness (QED) is 0.0686. The van der Waals surface area contributed by atoms with Crippen LogP contribution in [0.25, 0.3) is 28.0 Å². The van der Waals surface area contributed by atoms with E-state index in [1.807, 2.05) is 0 Å². The number of nitrogens with zero attached hydrogens (tertiary/aromatic N) is 1. The van der Waals surface area contributed by atoms with Gasteiger partial charge in [0.1, 0.15) is 0 Å². The van der Waals surface area contributed by atoms with Gasteiger partial charge in [0.25, 0.3) is 0 Å². The van der Waals surface area contributed by atoms with E-state index in [0.29, 0.717) is 23.7 Å². The molecule has 0 saturated carbocycles. The Morgan fingerprint density at radius 1 is 0.596 bits per heavy atom. The van der Waals surface area contributed by atoms with Crippen LogP contribution in [0.1, 0.15) is 85.1 Å². The average molecular weight is 740 g/mol. The highest BCUT2D eigenvalue weighted by Crippen LogP contribution is 2.41.